The fraction of sp³-hybridized carbons (Fsp3) is 0. The van der Waals surface area contributed by atoms with Crippen LogP contribution in [0.1, 0.15) is 0 Å². The van der Waals surface area contributed by atoms with Gasteiger partial charge in [0.2, 0.25) is 0 Å². The zero-order valence-corrected chi connectivity index (χ0v) is 33.8. The highest BCUT2D eigenvalue weighted by atomic mass is 32.1. The Bertz CT molecular complexity index is 3510. The van der Waals surface area contributed by atoms with Crippen molar-refractivity contribution in [2.75, 3.05) is 0 Å². The van der Waals surface area contributed by atoms with Gasteiger partial charge >= 0.3 is 0 Å². The van der Waals surface area contributed by atoms with Gasteiger partial charge in [-0.1, -0.05) is 176 Å². The van der Waals surface area contributed by atoms with E-state index < -0.39 is 0 Å². The maximum atomic E-state index is 5.32. The summed E-state index contributed by atoms with van der Waals surface area (Å²) in [6.07, 6.45) is 0. The molecule has 12 aromatic rings. The molecule has 61 heavy (non-hydrogen) atoms. The molecule has 12 rings (SSSR count). The van der Waals surface area contributed by atoms with Crippen LogP contribution in [0, 0.1) is 0 Å². The summed E-state index contributed by atoms with van der Waals surface area (Å²) < 4.78 is 2.44. The molecule has 0 fully saturated rings. The lowest BCUT2D eigenvalue weighted by Crippen LogP contribution is -2.00. The Balaban J connectivity index is 1.10. The van der Waals surface area contributed by atoms with E-state index in [1.54, 1.807) is 0 Å². The highest BCUT2D eigenvalue weighted by Gasteiger charge is 2.19. The molecule has 0 amide bonds. The molecule has 0 saturated carbocycles. The lowest BCUT2D eigenvalue weighted by atomic mass is 9.90. The molecule has 0 saturated heterocycles. The average molecular weight is 794 g/mol. The number of hydrogen-bond donors (Lipinski definition) is 0. The first-order chi connectivity index (χ1) is 30.2. The Morgan fingerprint density at radius 3 is 1.26 bits per heavy atom. The van der Waals surface area contributed by atoms with Crippen molar-refractivity contribution < 1.29 is 0 Å². The van der Waals surface area contributed by atoms with Gasteiger partial charge in [-0.2, -0.15) is 0 Å². The Hall–Kier alpha value is -7.79. The van der Waals surface area contributed by atoms with Gasteiger partial charge in [0.25, 0.3) is 0 Å². The molecule has 0 aliphatic carbocycles. The summed E-state index contributed by atoms with van der Waals surface area (Å²) >= 11 is 1.82. The molecule has 284 valence electrons. The Kier molecular flexibility index (Phi) is 8.36. The van der Waals surface area contributed by atoms with Crippen molar-refractivity contribution in [2.24, 2.45) is 0 Å². The number of nitrogens with zero attached hydrogens (tertiary/aromatic N) is 3. The maximum absolute atomic E-state index is 5.32. The van der Waals surface area contributed by atoms with Gasteiger partial charge in [-0.15, -0.1) is 11.3 Å². The number of fused-ring (bicyclic) bond motifs is 9. The van der Waals surface area contributed by atoms with Crippen LogP contribution in [-0.2, 0) is 0 Å². The third-order valence-electron chi connectivity index (χ3n) is 11.9. The van der Waals surface area contributed by atoms with Gasteiger partial charge in [0.1, 0.15) is 0 Å². The van der Waals surface area contributed by atoms with E-state index in [-0.39, 0.29) is 0 Å². The van der Waals surface area contributed by atoms with Crippen molar-refractivity contribution in [1.82, 2.24) is 15.0 Å². The number of benzene rings is 10. The fourth-order valence-electron chi connectivity index (χ4n) is 8.99. The van der Waals surface area contributed by atoms with Gasteiger partial charge in [0.15, 0.2) is 17.5 Å². The topological polar surface area (TPSA) is 38.7 Å². The second kappa shape index (κ2) is 14.5. The van der Waals surface area contributed by atoms with Crippen LogP contribution in [0.4, 0.5) is 0 Å². The minimum Gasteiger partial charge on any atom is -0.208 e. The Labute approximate surface area is 356 Å². The molecule has 2 heterocycles. The predicted octanol–water partition coefficient (Wildman–Crippen LogP) is 15.7. The summed E-state index contributed by atoms with van der Waals surface area (Å²) in [5, 5.41) is 10.0. The second-order valence-electron chi connectivity index (χ2n) is 15.5. The molecule has 4 heteroatoms. The van der Waals surface area contributed by atoms with Gasteiger partial charge < -0.3 is 0 Å². The maximum Gasteiger partial charge on any atom is 0.164 e. The first-order valence-corrected chi connectivity index (χ1v) is 21.4. The molecule has 10 aromatic carbocycles. The molecule has 0 aliphatic heterocycles. The zero-order valence-electron chi connectivity index (χ0n) is 33.0. The van der Waals surface area contributed by atoms with Crippen LogP contribution >= 0.6 is 11.3 Å². The lowest BCUT2D eigenvalue weighted by molar-refractivity contribution is 1.07. The molecule has 0 radical (unpaired) electrons. The van der Waals surface area contributed by atoms with Crippen LogP contribution in [0.2, 0.25) is 0 Å². The molecule has 2 aromatic heterocycles. The van der Waals surface area contributed by atoms with Crippen LogP contribution in [-0.4, -0.2) is 15.0 Å². The Morgan fingerprint density at radius 2 is 0.689 bits per heavy atom. The van der Waals surface area contributed by atoms with Gasteiger partial charge in [0, 0.05) is 36.9 Å². The van der Waals surface area contributed by atoms with Crippen LogP contribution in [0.3, 0.4) is 0 Å². The minimum absolute atomic E-state index is 0.630. The van der Waals surface area contributed by atoms with Gasteiger partial charge in [-0.3, -0.25) is 0 Å². The van der Waals surface area contributed by atoms with E-state index in [2.05, 4.69) is 200 Å². The third kappa shape index (κ3) is 6.16. The summed E-state index contributed by atoms with van der Waals surface area (Å²) in [5.41, 5.74) is 9.63. The first-order valence-electron chi connectivity index (χ1n) is 20.6. The molecule has 0 bridgehead atoms. The van der Waals surface area contributed by atoms with E-state index in [1.807, 2.05) is 23.5 Å². The molecular formula is C57H35N3S. The first kappa shape index (κ1) is 35.2. The number of rotatable bonds is 6. The largest absolute Gasteiger partial charge is 0.208 e. The minimum atomic E-state index is 0.630. The summed E-state index contributed by atoms with van der Waals surface area (Å²) in [6, 6.07) is 75.8. The van der Waals surface area contributed by atoms with E-state index in [9.17, 15) is 0 Å². The normalized spacial score (nSPS) is 11.6. The summed E-state index contributed by atoms with van der Waals surface area (Å²) in [5.74, 6) is 1.89. The summed E-state index contributed by atoms with van der Waals surface area (Å²) in [4.78, 5) is 15.9. The van der Waals surface area contributed by atoms with E-state index in [0.717, 1.165) is 50.1 Å². The SMILES string of the molecule is c1ccc(-c2cccc(-c3nc(-c4cccc(-c5ccccc5)c4)nc(-c4cc(-c5ccc6c7ccccc7c7ccccc7c6c5)c5c(c4)sc4ccccc45)n3)c2)cc1. The van der Waals surface area contributed by atoms with E-state index in [0.29, 0.717) is 17.5 Å². The molecule has 0 atom stereocenters. The molecule has 3 nitrogen and oxygen atoms in total. The monoisotopic (exact) mass is 793 g/mol. The van der Waals surface area contributed by atoms with Gasteiger partial charge in [-0.25, -0.2) is 15.0 Å². The second-order valence-corrected chi connectivity index (χ2v) is 16.6. The molecular weight excluding hydrogens is 759 g/mol. The van der Waals surface area contributed by atoms with Gasteiger partial charge in [-0.05, 0) is 102 Å². The number of aromatic nitrogens is 3. The molecule has 0 spiro atoms. The summed E-state index contributed by atoms with van der Waals surface area (Å²) in [7, 11) is 0. The zero-order chi connectivity index (χ0) is 40.3. The van der Waals surface area contributed by atoms with Crippen LogP contribution in [0.5, 0.6) is 0 Å². The van der Waals surface area contributed by atoms with Crippen molar-refractivity contribution in [3.8, 4) is 67.5 Å². The van der Waals surface area contributed by atoms with Gasteiger partial charge in [0.05, 0.1) is 0 Å². The third-order valence-corrected chi connectivity index (χ3v) is 13.0. The standard InChI is InChI=1S/C57H35N3S/c1-3-15-36(16-4-1)38-19-13-21-41(31-38)55-58-56(42-22-14-20-39(32-42)37-17-5-2-6-18-37)60-57(59-55)43-34-50(54-49-27-11-12-28-52(49)61-53(54)35-43)40-29-30-48-46-25-8-7-23-44(46)45-24-9-10-26-47(45)51(48)33-40/h1-35H. The quantitative estimate of drug-likeness (QED) is 0.157. The van der Waals surface area contributed by atoms with E-state index in [1.165, 1.54) is 52.5 Å². The average Bonchev–Trinajstić information content (AvgIpc) is 3.73. The van der Waals surface area contributed by atoms with Crippen molar-refractivity contribution >= 4 is 63.8 Å². The number of hydrogen-bond acceptors (Lipinski definition) is 4. The van der Waals surface area contributed by atoms with Crippen molar-refractivity contribution in [1.29, 1.82) is 0 Å². The van der Waals surface area contributed by atoms with E-state index >= 15 is 0 Å². The van der Waals surface area contributed by atoms with Crippen LogP contribution < -0.4 is 0 Å². The molecule has 0 unspecified atom stereocenters. The highest BCUT2D eigenvalue weighted by molar-refractivity contribution is 7.26. The molecule has 0 N–H and O–H groups in total. The van der Waals surface area contributed by atoms with E-state index in [4.69, 9.17) is 15.0 Å². The smallest absolute Gasteiger partial charge is 0.164 e. The van der Waals surface area contributed by atoms with Crippen molar-refractivity contribution in [3.05, 3.63) is 212 Å². The van der Waals surface area contributed by atoms with Crippen molar-refractivity contribution in [2.45, 2.75) is 0 Å². The fourth-order valence-corrected chi connectivity index (χ4v) is 10.2. The highest BCUT2D eigenvalue weighted by Crippen LogP contribution is 2.45. The number of thiophene rings is 1. The molecule has 0 aliphatic rings. The van der Waals surface area contributed by atoms with Crippen molar-refractivity contribution in [3.63, 3.8) is 0 Å². The summed E-state index contributed by atoms with van der Waals surface area (Å²) in [6.45, 7) is 0. The lowest BCUT2D eigenvalue weighted by Gasteiger charge is -2.14. The van der Waals surface area contributed by atoms with Crippen LogP contribution in [0.25, 0.3) is 120 Å². The van der Waals surface area contributed by atoms with Crippen LogP contribution in [0.15, 0.2) is 212 Å². The predicted molar refractivity (Wildman–Crippen MR) is 258 cm³/mol. The Morgan fingerprint density at radius 1 is 0.246 bits per heavy atom.